The number of alkyl halides is 3. The van der Waals surface area contributed by atoms with Crippen molar-refractivity contribution in [1.82, 2.24) is 4.98 Å². The lowest BCUT2D eigenvalue weighted by Gasteiger charge is -2.51. The van der Waals surface area contributed by atoms with Crippen LogP contribution in [-0.2, 0) is 21.3 Å². The number of nitrogens with zero attached hydrogens (tertiary/aromatic N) is 1. The number of pyridine rings is 1. The highest BCUT2D eigenvalue weighted by atomic mass is 19.4. The largest absolute Gasteiger partial charge is 0.416 e. The molecule has 2 spiro atoms. The first-order valence-electron chi connectivity index (χ1n) is 12.9. The Balaban J connectivity index is 1.57. The topological polar surface area (TPSA) is 71.8 Å². The SMILES string of the molecule is CC(C)c1nc2c(c3c1C(c1ccc(C(F)(F)F)cc1)OC31CCOCC1)C(O)CC1(CCC1)C2O. The lowest BCUT2D eigenvalue weighted by Crippen LogP contribution is -2.43. The number of benzene rings is 1. The van der Waals surface area contributed by atoms with Crippen LogP contribution < -0.4 is 0 Å². The predicted octanol–water partition coefficient (Wildman–Crippen LogP) is 5.99. The van der Waals surface area contributed by atoms with Gasteiger partial charge in [-0.05, 0) is 48.4 Å². The maximum atomic E-state index is 13.2. The van der Waals surface area contributed by atoms with E-state index in [9.17, 15) is 23.4 Å². The second-order valence-corrected chi connectivity index (χ2v) is 11.3. The number of fused-ring (bicyclic) bond motifs is 4. The molecule has 194 valence electrons. The van der Waals surface area contributed by atoms with E-state index >= 15 is 0 Å². The quantitative estimate of drug-likeness (QED) is 0.527. The molecule has 2 fully saturated rings. The number of halogens is 3. The average Bonchev–Trinajstić information content (AvgIpc) is 3.13. The predicted molar refractivity (Wildman–Crippen MR) is 125 cm³/mol. The fourth-order valence-electron chi connectivity index (χ4n) is 6.88. The van der Waals surface area contributed by atoms with Crippen LogP contribution >= 0.6 is 0 Å². The number of hydrogen-bond donors (Lipinski definition) is 2. The highest BCUT2D eigenvalue weighted by Gasteiger charge is 2.56. The fourth-order valence-corrected chi connectivity index (χ4v) is 6.88. The molecule has 3 unspecified atom stereocenters. The minimum Gasteiger partial charge on any atom is -0.388 e. The Morgan fingerprint density at radius 1 is 1.00 bits per heavy atom. The average molecular weight is 504 g/mol. The molecule has 3 atom stereocenters. The molecule has 2 N–H and O–H groups in total. The Labute approximate surface area is 208 Å². The van der Waals surface area contributed by atoms with E-state index in [4.69, 9.17) is 14.5 Å². The Morgan fingerprint density at radius 3 is 2.22 bits per heavy atom. The zero-order chi connectivity index (χ0) is 25.5. The molecule has 8 heteroatoms. The van der Waals surface area contributed by atoms with Gasteiger partial charge in [0.1, 0.15) is 12.2 Å². The Morgan fingerprint density at radius 2 is 1.67 bits per heavy atom. The van der Waals surface area contributed by atoms with Crippen molar-refractivity contribution in [3.8, 4) is 0 Å². The second-order valence-electron chi connectivity index (χ2n) is 11.3. The molecule has 4 aliphatic rings. The van der Waals surface area contributed by atoms with Gasteiger partial charge in [-0.15, -0.1) is 0 Å². The molecule has 36 heavy (non-hydrogen) atoms. The summed E-state index contributed by atoms with van der Waals surface area (Å²) in [7, 11) is 0. The van der Waals surface area contributed by atoms with E-state index in [2.05, 4.69) is 0 Å². The van der Waals surface area contributed by atoms with E-state index in [1.165, 1.54) is 12.1 Å². The summed E-state index contributed by atoms with van der Waals surface area (Å²) in [6.45, 7) is 5.02. The first-order chi connectivity index (χ1) is 17.1. The van der Waals surface area contributed by atoms with Crippen LogP contribution in [0.3, 0.4) is 0 Å². The summed E-state index contributed by atoms with van der Waals surface area (Å²) in [6.07, 6.45) is -2.19. The zero-order valence-corrected chi connectivity index (χ0v) is 20.6. The van der Waals surface area contributed by atoms with Crippen molar-refractivity contribution in [3.05, 3.63) is 63.5 Å². The third-order valence-corrected chi connectivity index (χ3v) is 8.90. The van der Waals surface area contributed by atoms with Gasteiger partial charge in [0.05, 0.1) is 23.0 Å². The van der Waals surface area contributed by atoms with Crippen molar-refractivity contribution >= 4 is 0 Å². The highest BCUT2D eigenvalue weighted by molar-refractivity contribution is 5.55. The molecule has 5 nitrogen and oxygen atoms in total. The van der Waals surface area contributed by atoms with Crippen molar-refractivity contribution in [2.24, 2.45) is 5.41 Å². The van der Waals surface area contributed by atoms with Crippen LogP contribution in [0.25, 0.3) is 0 Å². The van der Waals surface area contributed by atoms with Crippen LogP contribution in [0, 0.1) is 5.41 Å². The van der Waals surface area contributed by atoms with Gasteiger partial charge in [-0.3, -0.25) is 4.98 Å². The molecule has 1 saturated carbocycles. The molecule has 6 rings (SSSR count). The number of hydrogen-bond acceptors (Lipinski definition) is 5. The lowest BCUT2D eigenvalue weighted by atomic mass is 9.57. The highest BCUT2D eigenvalue weighted by Crippen LogP contribution is 2.63. The van der Waals surface area contributed by atoms with E-state index in [-0.39, 0.29) is 11.3 Å². The molecule has 0 amide bonds. The van der Waals surface area contributed by atoms with Gasteiger partial charge < -0.3 is 19.7 Å². The van der Waals surface area contributed by atoms with Crippen molar-refractivity contribution in [2.45, 2.75) is 88.4 Å². The number of ether oxygens (including phenoxy) is 2. The monoisotopic (exact) mass is 503 g/mol. The summed E-state index contributed by atoms with van der Waals surface area (Å²) < 4.78 is 52.2. The van der Waals surface area contributed by atoms with Gasteiger partial charge >= 0.3 is 6.18 Å². The third kappa shape index (κ3) is 3.48. The van der Waals surface area contributed by atoms with Gasteiger partial charge in [-0.1, -0.05) is 32.4 Å². The van der Waals surface area contributed by atoms with E-state index in [1.807, 2.05) is 13.8 Å². The number of aromatic nitrogens is 1. The van der Waals surface area contributed by atoms with Crippen molar-refractivity contribution in [1.29, 1.82) is 0 Å². The minimum absolute atomic E-state index is 0.0109. The van der Waals surface area contributed by atoms with Crippen LogP contribution in [0.5, 0.6) is 0 Å². The molecule has 0 bridgehead atoms. The molecule has 0 radical (unpaired) electrons. The van der Waals surface area contributed by atoms with Gasteiger partial charge in [-0.2, -0.15) is 13.2 Å². The summed E-state index contributed by atoms with van der Waals surface area (Å²) in [4.78, 5) is 5.00. The van der Waals surface area contributed by atoms with Gasteiger partial charge in [0.2, 0.25) is 0 Å². The lowest BCUT2D eigenvalue weighted by molar-refractivity contribution is -0.137. The summed E-state index contributed by atoms with van der Waals surface area (Å²) in [6, 6.07) is 5.14. The van der Waals surface area contributed by atoms with Gasteiger partial charge in [0, 0.05) is 48.3 Å². The number of aliphatic hydroxyl groups excluding tert-OH is 2. The van der Waals surface area contributed by atoms with Crippen molar-refractivity contribution in [2.75, 3.05) is 13.2 Å². The summed E-state index contributed by atoms with van der Waals surface area (Å²) in [5.41, 5.74) is 2.54. The van der Waals surface area contributed by atoms with Crippen LogP contribution in [0.1, 0.15) is 116 Å². The second kappa shape index (κ2) is 8.25. The van der Waals surface area contributed by atoms with Crippen molar-refractivity contribution < 1.29 is 32.9 Å². The zero-order valence-electron chi connectivity index (χ0n) is 20.6. The molecule has 3 heterocycles. The molecular weight excluding hydrogens is 471 g/mol. The van der Waals surface area contributed by atoms with E-state index in [0.717, 1.165) is 48.2 Å². The van der Waals surface area contributed by atoms with Crippen LogP contribution in [-0.4, -0.2) is 28.4 Å². The minimum atomic E-state index is -4.42. The normalized spacial score (nSPS) is 28.3. The first kappa shape index (κ1) is 24.3. The summed E-state index contributed by atoms with van der Waals surface area (Å²) in [5.74, 6) is -0.0109. The summed E-state index contributed by atoms with van der Waals surface area (Å²) >= 11 is 0. The standard InChI is InChI=1S/C28H32F3NO4/c1-15(2)22-20-21(19-18(33)14-26(8-3-9-26)25(34)23(19)32-22)27(10-12-35-13-11-27)36-24(20)16-4-6-17(7-5-16)28(29,30)31/h4-7,15,18,24-25,33-34H,3,8-14H2,1-2H3. The molecule has 2 aromatic rings. The molecule has 2 aliphatic heterocycles. The van der Waals surface area contributed by atoms with E-state index in [0.29, 0.717) is 49.3 Å². The van der Waals surface area contributed by atoms with Gasteiger partial charge in [0.25, 0.3) is 0 Å². The number of rotatable bonds is 2. The molecule has 1 saturated heterocycles. The fraction of sp³-hybridized carbons (Fsp3) is 0.607. The van der Waals surface area contributed by atoms with Gasteiger partial charge in [-0.25, -0.2) is 0 Å². The Hall–Kier alpha value is -2.00. The van der Waals surface area contributed by atoms with Crippen LogP contribution in [0.15, 0.2) is 24.3 Å². The first-order valence-corrected chi connectivity index (χ1v) is 12.9. The molecule has 1 aromatic carbocycles. The van der Waals surface area contributed by atoms with Gasteiger partial charge in [0.15, 0.2) is 0 Å². The number of aliphatic hydroxyl groups is 2. The van der Waals surface area contributed by atoms with E-state index < -0.39 is 35.7 Å². The van der Waals surface area contributed by atoms with E-state index in [1.54, 1.807) is 0 Å². The maximum Gasteiger partial charge on any atom is 0.416 e. The van der Waals surface area contributed by atoms with Crippen LogP contribution in [0.2, 0.25) is 0 Å². The summed E-state index contributed by atoms with van der Waals surface area (Å²) in [5, 5.41) is 23.0. The molecule has 2 aliphatic carbocycles. The smallest absolute Gasteiger partial charge is 0.388 e. The Kier molecular flexibility index (Phi) is 5.58. The molecule has 1 aromatic heterocycles. The Bertz CT molecular complexity index is 1170. The van der Waals surface area contributed by atoms with Crippen LogP contribution in [0.4, 0.5) is 13.2 Å². The molecular formula is C28H32F3NO4. The van der Waals surface area contributed by atoms with Crippen molar-refractivity contribution in [3.63, 3.8) is 0 Å². The maximum absolute atomic E-state index is 13.2. The third-order valence-electron chi connectivity index (χ3n) is 8.90.